The number of allylic oxidation sites excluding steroid dienone is 2. The Kier molecular flexibility index (Phi) is 6.60. The lowest BCUT2D eigenvalue weighted by Crippen LogP contribution is -2.27. The predicted octanol–water partition coefficient (Wildman–Crippen LogP) is 2.41. The van der Waals surface area contributed by atoms with Crippen LogP contribution in [0.25, 0.3) is 0 Å². The van der Waals surface area contributed by atoms with E-state index >= 15 is 0 Å². The Balaban J connectivity index is 2.90. The van der Waals surface area contributed by atoms with Gasteiger partial charge < -0.3 is 23.8 Å². The third-order valence-corrected chi connectivity index (χ3v) is 4.17. The van der Waals surface area contributed by atoms with Crippen LogP contribution in [0.2, 0.25) is 0 Å². The SMILES string of the molecule is COC(=O)C1=C(C(=O)OC)N(c2cc([N+](=O)[O-])c(OC)c(C)c2OC)C=CC=C1. The van der Waals surface area contributed by atoms with Crippen LogP contribution in [-0.4, -0.2) is 45.3 Å². The Morgan fingerprint density at radius 2 is 1.62 bits per heavy atom. The van der Waals surface area contributed by atoms with E-state index in [0.717, 1.165) is 7.11 Å². The van der Waals surface area contributed by atoms with Gasteiger partial charge in [0.25, 0.3) is 0 Å². The molecule has 2 rings (SSSR count). The molecule has 0 radical (unpaired) electrons. The van der Waals surface area contributed by atoms with Gasteiger partial charge in [0.15, 0.2) is 0 Å². The lowest BCUT2D eigenvalue weighted by atomic mass is 10.1. The van der Waals surface area contributed by atoms with E-state index in [1.54, 1.807) is 13.0 Å². The molecule has 0 aliphatic carbocycles. The van der Waals surface area contributed by atoms with E-state index in [0.29, 0.717) is 5.56 Å². The first-order chi connectivity index (χ1) is 13.8. The number of ether oxygens (including phenoxy) is 4. The standard InChI is InChI=1S/C19H20N2O8/c1-11-16(26-2)13(10-14(21(24)25)17(11)27-3)20-9-7-6-8-12(18(22)28-4)15(20)19(23)29-5/h6-10H,1-5H3. The highest BCUT2D eigenvalue weighted by Crippen LogP contribution is 2.45. The first-order valence-electron chi connectivity index (χ1n) is 8.27. The highest BCUT2D eigenvalue weighted by atomic mass is 16.6. The topological polar surface area (TPSA) is 117 Å². The summed E-state index contributed by atoms with van der Waals surface area (Å²) in [6.45, 7) is 1.58. The molecule has 29 heavy (non-hydrogen) atoms. The number of carbonyl (C=O) groups excluding carboxylic acids is 2. The second kappa shape index (κ2) is 8.91. The van der Waals surface area contributed by atoms with Crippen molar-refractivity contribution in [1.82, 2.24) is 0 Å². The van der Waals surface area contributed by atoms with Gasteiger partial charge in [-0.15, -0.1) is 0 Å². The van der Waals surface area contributed by atoms with Crippen molar-refractivity contribution >= 4 is 23.3 Å². The minimum Gasteiger partial charge on any atom is -0.494 e. The van der Waals surface area contributed by atoms with Crippen molar-refractivity contribution in [1.29, 1.82) is 0 Å². The number of rotatable bonds is 6. The molecule has 0 atom stereocenters. The maximum absolute atomic E-state index is 12.6. The molecule has 154 valence electrons. The summed E-state index contributed by atoms with van der Waals surface area (Å²) in [5.41, 5.74) is -0.146. The average molecular weight is 404 g/mol. The van der Waals surface area contributed by atoms with Gasteiger partial charge in [-0.3, -0.25) is 10.1 Å². The van der Waals surface area contributed by atoms with E-state index in [1.165, 1.54) is 50.6 Å². The zero-order valence-corrected chi connectivity index (χ0v) is 16.5. The second-order valence-electron chi connectivity index (χ2n) is 5.68. The number of nitrogens with zero attached hydrogens (tertiary/aromatic N) is 2. The van der Waals surface area contributed by atoms with Crippen molar-refractivity contribution in [2.45, 2.75) is 6.92 Å². The van der Waals surface area contributed by atoms with Crippen molar-refractivity contribution < 1.29 is 33.5 Å². The highest BCUT2D eigenvalue weighted by Gasteiger charge is 2.32. The van der Waals surface area contributed by atoms with Crippen LogP contribution in [0, 0.1) is 17.0 Å². The van der Waals surface area contributed by atoms with Gasteiger partial charge >= 0.3 is 17.6 Å². The van der Waals surface area contributed by atoms with Crippen LogP contribution in [0.4, 0.5) is 11.4 Å². The molecule has 1 heterocycles. The molecule has 1 aromatic carbocycles. The Labute approximate surface area is 166 Å². The minimum absolute atomic E-state index is 0.0179. The molecule has 0 bridgehead atoms. The van der Waals surface area contributed by atoms with Crippen molar-refractivity contribution in [3.05, 3.63) is 57.4 Å². The summed E-state index contributed by atoms with van der Waals surface area (Å²) < 4.78 is 20.2. The fraction of sp³-hybridized carbons (Fsp3) is 0.263. The van der Waals surface area contributed by atoms with Crippen LogP contribution in [0.15, 0.2) is 41.8 Å². The number of nitro groups is 1. The second-order valence-corrected chi connectivity index (χ2v) is 5.68. The molecule has 1 aliphatic rings. The molecule has 0 amide bonds. The fourth-order valence-electron chi connectivity index (χ4n) is 2.93. The summed E-state index contributed by atoms with van der Waals surface area (Å²) in [6, 6.07) is 1.19. The van der Waals surface area contributed by atoms with E-state index in [4.69, 9.17) is 18.9 Å². The van der Waals surface area contributed by atoms with Crippen LogP contribution in [0.5, 0.6) is 11.5 Å². The Bertz CT molecular complexity index is 946. The maximum atomic E-state index is 12.6. The molecule has 1 aromatic rings. The molecule has 0 spiro atoms. The third-order valence-electron chi connectivity index (χ3n) is 4.17. The molecule has 0 N–H and O–H groups in total. The molecular weight excluding hydrogens is 384 g/mol. The largest absolute Gasteiger partial charge is 0.494 e. The Morgan fingerprint density at radius 1 is 1.00 bits per heavy atom. The molecule has 0 fully saturated rings. The van der Waals surface area contributed by atoms with Gasteiger partial charge in [0, 0.05) is 17.8 Å². The smallest absolute Gasteiger partial charge is 0.355 e. The van der Waals surface area contributed by atoms with Crippen molar-refractivity contribution in [2.75, 3.05) is 33.3 Å². The maximum Gasteiger partial charge on any atom is 0.355 e. The number of nitro benzene ring substituents is 1. The van der Waals surface area contributed by atoms with Crippen LogP contribution >= 0.6 is 0 Å². The lowest BCUT2D eigenvalue weighted by Gasteiger charge is -2.26. The number of hydrogen-bond donors (Lipinski definition) is 0. The van der Waals surface area contributed by atoms with E-state index in [2.05, 4.69) is 0 Å². The monoisotopic (exact) mass is 404 g/mol. The van der Waals surface area contributed by atoms with Crippen LogP contribution in [0.1, 0.15) is 5.56 Å². The first kappa shape index (κ1) is 21.5. The van der Waals surface area contributed by atoms with Crippen molar-refractivity contribution in [3.8, 4) is 11.5 Å². The zero-order chi connectivity index (χ0) is 21.7. The summed E-state index contributed by atoms with van der Waals surface area (Å²) in [7, 11) is 5.00. The third kappa shape index (κ3) is 3.91. The summed E-state index contributed by atoms with van der Waals surface area (Å²) in [6.07, 6.45) is 5.90. The Hall–Kier alpha value is -3.82. The molecule has 10 heteroatoms. The first-order valence-corrected chi connectivity index (χ1v) is 8.27. The number of benzene rings is 1. The van der Waals surface area contributed by atoms with Gasteiger partial charge in [-0.2, -0.15) is 0 Å². The van der Waals surface area contributed by atoms with Crippen LogP contribution < -0.4 is 14.4 Å². The van der Waals surface area contributed by atoms with Crippen molar-refractivity contribution in [2.24, 2.45) is 0 Å². The predicted molar refractivity (Wildman–Crippen MR) is 103 cm³/mol. The quantitative estimate of drug-likeness (QED) is 0.400. The molecule has 0 saturated carbocycles. The van der Waals surface area contributed by atoms with Gasteiger partial charge in [-0.25, -0.2) is 9.59 Å². The van der Waals surface area contributed by atoms with E-state index in [-0.39, 0.29) is 34.1 Å². The zero-order valence-electron chi connectivity index (χ0n) is 16.5. The van der Waals surface area contributed by atoms with E-state index < -0.39 is 16.9 Å². The van der Waals surface area contributed by atoms with Gasteiger partial charge in [0.05, 0.1) is 44.6 Å². The van der Waals surface area contributed by atoms with E-state index in [9.17, 15) is 19.7 Å². The number of carbonyl (C=O) groups is 2. The van der Waals surface area contributed by atoms with Gasteiger partial charge in [-0.05, 0) is 19.1 Å². The highest BCUT2D eigenvalue weighted by molar-refractivity contribution is 6.06. The van der Waals surface area contributed by atoms with Gasteiger partial charge in [-0.1, -0.05) is 6.08 Å². The molecular formula is C19H20N2O8. The summed E-state index contributed by atoms with van der Waals surface area (Å²) >= 11 is 0. The summed E-state index contributed by atoms with van der Waals surface area (Å²) in [5, 5.41) is 11.6. The van der Waals surface area contributed by atoms with Crippen molar-refractivity contribution in [3.63, 3.8) is 0 Å². The molecule has 0 saturated heterocycles. The summed E-state index contributed by atoms with van der Waals surface area (Å²) in [4.78, 5) is 37.1. The van der Waals surface area contributed by atoms with Gasteiger partial charge in [0.2, 0.25) is 5.75 Å². The number of methoxy groups -OCH3 is 4. The minimum atomic E-state index is -0.847. The van der Waals surface area contributed by atoms with Crippen LogP contribution in [-0.2, 0) is 19.1 Å². The normalized spacial score (nSPS) is 13.1. The van der Waals surface area contributed by atoms with Crippen LogP contribution in [0.3, 0.4) is 0 Å². The number of hydrogen-bond acceptors (Lipinski definition) is 9. The number of anilines is 1. The lowest BCUT2D eigenvalue weighted by molar-refractivity contribution is -0.385. The fourth-order valence-corrected chi connectivity index (χ4v) is 2.93. The molecule has 1 aliphatic heterocycles. The molecule has 0 unspecified atom stereocenters. The molecule has 0 aromatic heterocycles. The average Bonchev–Trinajstić information content (AvgIpc) is 2.94. The summed E-state index contributed by atoms with van der Waals surface area (Å²) in [5.74, 6) is -1.40. The number of esters is 2. The molecule has 10 nitrogen and oxygen atoms in total. The Morgan fingerprint density at radius 3 is 2.14 bits per heavy atom. The van der Waals surface area contributed by atoms with E-state index in [1.807, 2.05) is 0 Å². The van der Waals surface area contributed by atoms with Gasteiger partial charge in [0.1, 0.15) is 11.4 Å².